The molecule has 0 atom stereocenters. The highest BCUT2D eigenvalue weighted by Gasteiger charge is 2.41. The van der Waals surface area contributed by atoms with Gasteiger partial charge in [0.05, 0.1) is 6.26 Å². The van der Waals surface area contributed by atoms with Crippen molar-refractivity contribution in [1.29, 1.82) is 0 Å². The van der Waals surface area contributed by atoms with Crippen molar-refractivity contribution in [1.82, 2.24) is 0 Å². The Hall–Kier alpha value is -1.28. The van der Waals surface area contributed by atoms with Gasteiger partial charge in [-0.3, -0.25) is 0 Å². The van der Waals surface area contributed by atoms with E-state index < -0.39 is 0 Å². The Bertz CT molecular complexity index is 454. The van der Waals surface area contributed by atoms with Crippen LogP contribution in [0.3, 0.4) is 0 Å². The van der Waals surface area contributed by atoms with E-state index in [1.165, 1.54) is 10.9 Å². The summed E-state index contributed by atoms with van der Waals surface area (Å²) in [5, 5.41) is 1.17. The van der Waals surface area contributed by atoms with Crippen LogP contribution < -0.4 is 5.73 Å². The first-order valence-electron chi connectivity index (χ1n) is 4.55. The minimum absolute atomic E-state index is 0.0661. The third kappa shape index (κ3) is 0.923. The van der Waals surface area contributed by atoms with Crippen molar-refractivity contribution in [3.63, 3.8) is 0 Å². The van der Waals surface area contributed by atoms with Crippen molar-refractivity contribution < 1.29 is 4.42 Å². The number of furan rings is 1. The van der Waals surface area contributed by atoms with Crippen LogP contribution in [0.2, 0.25) is 0 Å². The Morgan fingerprint density at radius 1 is 1.23 bits per heavy atom. The summed E-state index contributed by atoms with van der Waals surface area (Å²) in [6.07, 6.45) is 3.91. The summed E-state index contributed by atoms with van der Waals surface area (Å²) in [4.78, 5) is 0. The topological polar surface area (TPSA) is 39.2 Å². The first-order chi connectivity index (χ1) is 6.30. The maximum absolute atomic E-state index is 6.15. The fraction of sp³-hybridized carbons (Fsp3) is 0.273. The van der Waals surface area contributed by atoms with Crippen molar-refractivity contribution in [2.75, 3.05) is 0 Å². The van der Waals surface area contributed by atoms with E-state index in [9.17, 15) is 0 Å². The van der Waals surface area contributed by atoms with Crippen molar-refractivity contribution >= 4 is 11.0 Å². The predicted octanol–water partition coefficient (Wildman–Crippen LogP) is 2.38. The van der Waals surface area contributed by atoms with Gasteiger partial charge in [-0.2, -0.15) is 0 Å². The molecule has 2 heteroatoms. The molecule has 0 radical (unpaired) electrons. The molecule has 1 aliphatic carbocycles. The van der Waals surface area contributed by atoms with Crippen molar-refractivity contribution in [3.8, 4) is 0 Å². The Morgan fingerprint density at radius 3 is 2.85 bits per heavy atom. The van der Waals surface area contributed by atoms with E-state index in [4.69, 9.17) is 10.2 Å². The zero-order valence-electron chi connectivity index (χ0n) is 7.29. The Morgan fingerprint density at radius 2 is 2.08 bits per heavy atom. The first-order valence-corrected chi connectivity index (χ1v) is 4.55. The predicted molar refractivity (Wildman–Crippen MR) is 51.3 cm³/mol. The lowest BCUT2D eigenvalue weighted by atomic mass is 10.0. The van der Waals surface area contributed by atoms with Gasteiger partial charge in [0.2, 0.25) is 0 Å². The molecule has 1 fully saturated rings. The second-order valence-corrected chi connectivity index (χ2v) is 3.79. The van der Waals surface area contributed by atoms with Gasteiger partial charge in [-0.1, -0.05) is 12.1 Å². The lowest BCUT2D eigenvalue weighted by Gasteiger charge is -2.09. The van der Waals surface area contributed by atoms with Crippen molar-refractivity contribution in [2.45, 2.75) is 18.4 Å². The van der Waals surface area contributed by atoms with Gasteiger partial charge >= 0.3 is 0 Å². The lowest BCUT2D eigenvalue weighted by molar-refractivity contribution is 0.615. The number of fused-ring (bicyclic) bond motifs is 1. The molecule has 1 aromatic carbocycles. The number of benzene rings is 1. The maximum Gasteiger partial charge on any atom is 0.134 e. The average molecular weight is 173 g/mol. The molecule has 0 bridgehead atoms. The number of nitrogens with two attached hydrogens (primary N) is 1. The molecule has 0 aliphatic heterocycles. The molecule has 1 saturated carbocycles. The van der Waals surface area contributed by atoms with Gasteiger partial charge < -0.3 is 10.2 Å². The molecule has 0 saturated heterocycles. The molecule has 1 aromatic heterocycles. The van der Waals surface area contributed by atoms with Crippen LogP contribution in [0.1, 0.15) is 18.4 Å². The van der Waals surface area contributed by atoms with Crippen molar-refractivity contribution in [2.24, 2.45) is 5.73 Å². The zero-order chi connectivity index (χ0) is 8.89. The molecule has 66 valence electrons. The van der Waals surface area contributed by atoms with Crippen LogP contribution in [-0.4, -0.2) is 0 Å². The fourth-order valence-electron chi connectivity index (χ4n) is 1.83. The summed E-state index contributed by atoms with van der Waals surface area (Å²) in [6, 6.07) is 8.08. The molecule has 1 aliphatic rings. The average Bonchev–Trinajstić information content (AvgIpc) is 2.72. The van der Waals surface area contributed by atoms with E-state index in [1.807, 2.05) is 18.2 Å². The quantitative estimate of drug-likeness (QED) is 0.719. The second-order valence-electron chi connectivity index (χ2n) is 3.79. The molecule has 0 unspecified atom stereocenters. The normalized spacial score (nSPS) is 19.2. The van der Waals surface area contributed by atoms with E-state index in [1.54, 1.807) is 6.26 Å². The summed E-state index contributed by atoms with van der Waals surface area (Å²) >= 11 is 0. The van der Waals surface area contributed by atoms with Crippen LogP contribution in [0.5, 0.6) is 0 Å². The zero-order valence-corrected chi connectivity index (χ0v) is 7.29. The van der Waals surface area contributed by atoms with Gasteiger partial charge in [0.15, 0.2) is 0 Å². The Balaban J connectivity index is 2.33. The fourth-order valence-corrected chi connectivity index (χ4v) is 1.83. The highest BCUT2D eigenvalue weighted by atomic mass is 16.3. The van der Waals surface area contributed by atoms with E-state index in [0.29, 0.717) is 0 Å². The lowest BCUT2D eigenvalue weighted by Crippen LogP contribution is -2.18. The SMILES string of the molecule is NC1(c2cccc3occc23)CC1. The van der Waals surface area contributed by atoms with Gasteiger partial charge in [0.25, 0.3) is 0 Å². The maximum atomic E-state index is 6.15. The van der Waals surface area contributed by atoms with E-state index in [0.717, 1.165) is 18.4 Å². The van der Waals surface area contributed by atoms with Crippen LogP contribution in [0.4, 0.5) is 0 Å². The highest BCUT2D eigenvalue weighted by Crippen LogP contribution is 2.45. The van der Waals surface area contributed by atoms with Gasteiger partial charge in [-0.25, -0.2) is 0 Å². The van der Waals surface area contributed by atoms with Crippen LogP contribution >= 0.6 is 0 Å². The van der Waals surface area contributed by atoms with Crippen LogP contribution in [-0.2, 0) is 5.54 Å². The minimum Gasteiger partial charge on any atom is -0.464 e. The first kappa shape index (κ1) is 7.15. The molecule has 0 amide bonds. The largest absolute Gasteiger partial charge is 0.464 e. The molecular weight excluding hydrogens is 162 g/mol. The molecular formula is C11H11NO. The molecule has 2 nitrogen and oxygen atoms in total. The molecule has 0 spiro atoms. The second kappa shape index (κ2) is 2.15. The molecule has 13 heavy (non-hydrogen) atoms. The van der Waals surface area contributed by atoms with Gasteiger partial charge in [-0.05, 0) is 30.5 Å². The number of hydrogen-bond acceptors (Lipinski definition) is 2. The summed E-state index contributed by atoms with van der Waals surface area (Å²) in [5.41, 5.74) is 8.26. The molecule has 1 heterocycles. The van der Waals surface area contributed by atoms with Crippen molar-refractivity contribution in [3.05, 3.63) is 36.1 Å². The van der Waals surface area contributed by atoms with Gasteiger partial charge in [-0.15, -0.1) is 0 Å². The van der Waals surface area contributed by atoms with E-state index >= 15 is 0 Å². The number of rotatable bonds is 1. The summed E-state index contributed by atoms with van der Waals surface area (Å²) in [5.74, 6) is 0. The van der Waals surface area contributed by atoms with Gasteiger partial charge in [0.1, 0.15) is 5.58 Å². The van der Waals surface area contributed by atoms with E-state index in [-0.39, 0.29) is 5.54 Å². The molecule has 3 rings (SSSR count). The van der Waals surface area contributed by atoms with Crippen LogP contribution in [0.15, 0.2) is 34.9 Å². The molecule has 2 N–H and O–H groups in total. The third-order valence-corrected chi connectivity index (χ3v) is 2.82. The van der Waals surface area contributed by atoms with Gasteiger partial charge in [0, 0.05) is 10.9 Å². The summed E-state index contributed by atoms with van der Waals surface area (Å²) < 4.78 is 5.33. The standard InChI is InChI=1S/C11H11NO/c12-11(5-6-11)9-2-1-3-10-8(9)4-7-13-10/h1-4,7H,5-6,12H2. The minimum atomic E-state index is -0.0661. The van der Waals surface area contributed by atoms with Crippen LogP contribution in [0, 0.1) is 0 Å². The number of hydrogen-bond donors (Lipinski definition) is 1. The van der Waals surface area contributed by atoms with E-state index in [2.05, 4.69) is 6.07 Å². The Kier molecular flexibility index (Phi) is 1.18. The van der Waals surface area contributed by atoms with Crippen LogP contribution in [0.25, 0.3) is 11.0 Å². The third-order valence-electron chi connectivity index (χ3n) is 2.82. The highest BCUT2D eigenvalue weighted by molar-refractivity contribution is 5.82. The smallest absolute Gasteiger partial charge is 0.134 e. The Labute approximate surface area is 76.3 Å². The summed E-state index contributed by atoms with van der Waals surface area (Å²) in [7, 11) is 0. The monoisotopic (exact) mass is 173 g/mol. The molecule has 2 aromatic rings. The summed E-state index contributed by atoms with van der Waals surface area (Å²) in [6.45, 7) is 0.